The van der Waals surface area contributed by atoms with E-state index >= 15 is 0 Å². The van der Waals surface area contributed by atoms with Crippen LogP contribution in [0.2, 0.25) is 5.02 Å². The normalized spacial score (nSPS) is 10.7. The minimum absolute atomic E-state index is 0.0628. The summed E-state index contributed by atoms with van der Waals surface area (Å²) in [6.07, 6.45) is 1.59. The molecular formula is C14H13ClN4S. The lowest BCUT2D eigenvalue weighted by molar-refractivity contribution is 1.21. The van der Waals surface area contributed by atoms with E-state index in [-0.39, 0.29) is 5.96 Å². The first-order valence-electron chi connectivity index (χ1n) is 5.79. The average Bonchev–Trinajstić information content (AvgIpc) is 2.43. The fourth-order valence-corrected chi connectivity index (χ4v) is 2.53. The first-order chi connectivity index (χ1) is 9.65. The van der Waals surface area contributed by atoms with Crippen LogP contribution in [0.25, 0.3) is 0 Å². The summed E-state index contributed by atoms with van der Waals surface area (Å²) in [4.78, 5) is 2.12. The molecule has 0 saturated carbocycles. The molecule has 0 radical (unpaired) electrons. The highest BCUT2D eigenvalue weighted by molar-refractivity contribution is 7.99. The Bertz CT molecular complexity index is 634. The summed E-state index contributed by atoms with van der Waals surface area (Å²) in [6, 6.07) is 15.6. The molecule has 2 rings (SSSR count). The molecule has 2 aromatic rings. The number of nitrogens with two attached hydrogens (primary N) is 2. The number of rotatable bonds is 4. The highest BCUT2D eigenvalue weighted by Crippen LogP contribution is 2.32. The van der Waals surface area contributed by atoms with Crippen molar-refractivity contribution in [3.8, 4) is 0 Å². The predicted molar refractivity (Wildman–Crippen MR) is 85.4 cm³/mol. The minimum Gasteiger partial charge on any atom is -0.369 e. The smallest absolute Gasteiger partial charge is 0.211 e. The monoisotopic (exact) mass is 304 g/mol. The van der Waals surface area contributed by atoms with Gasteiger partial charge in [0.15, 0.2) is 0 Å². The predicted octanol–water partition coefficient (Wildman–Crippen LogP) is 3.10. The van der Waals surface area contributed by atoms with Gasteiger partial charge >= 0.3 is 0 Å². The molecule has 0 heterocycles. The van der Waals surface area contributed by atoms with Gasteiger partial charge in [-0.05, 0) is 29.8 Å². The number of guanidine groups is 1. The van der Waals surface area contributed by atoms with Gasteiger partial charge in [-0.25, -0.2) is 0 Å². The van der Waals surface area contributed by atoms with Crippen LogP contribution in [0.15, 0.2) is 68.5 Å². The lowest BCUT2D eigenvalue weighted by Crippen LogP contribution is -2.21. The molecule has 0 aliphatic heterocycles. The van der Waals surface area contributed by atoms with Crippen LogP contribution in [-0.4, -0.2) is 12.2 Å². The Kier molecular flexibility index (Phi) is 5.03. The zero-order chi connectivity index (χ0) is 14.4. The first-order valence-corrected chi connectivity index (χ1v) is 6.99. The molecule has 0 unspecified atom stereocenters. The highest BCUT2D eigenvalue weighted by atomic mass is 35.5. The van der Waals surface area contributed by atoms with E-state index in [2.05, 4.69) is 10.2 Å². The van der Waals surface area contributed by atoms with E-state index in [1.807, 2.05) is 48.5 Å². The summed E-state index contributed by atoms with van der Waals surface area (Å²) in [5.41, 5.74) is 11.3. The quantitative estimate of drug-likeness (QED) is 0.517. The molecular weight excluding hydrogens is 292 g/mol. The zero-order valence-corrected chi connectivity index (χ0v) is 12.1. The lowest BCUT2D eigenvalue weighted by Gasteiger charge is -2.03. The van der Waals surface area contributed by atoms with E-state index in [9.17, 15) is 0 Å². The van der Waals surface area contributed by atoms with E-state index in [0.29, 0.717) is 0 Å². The summed E-state index contributed by atoms with van der Waals surface area (Å²) in [5, 5.41) is 8.04. The van der Waals surface area contributed by atoms with Gasteiger partial charge in [-0.3, -0.25) is 0 Å². The molecule has 4 nitrogen and oxygen atoms in total. The Morgan fingerprint density at radius 2 is 1.75 bits per heavy atom. The summed E-state index contributed by atoms with van der Waals surface area (Å²) >= 11 is 7.73. The Labute approximate surface area is 126 Å². The Morgan fingerprint density at radius 1 is 1.05 bits per heavy atom. The van der Waals surface area contributed by atoms with Crippen LogP contribution in [-0.2, 0) is 0 Å². The third-order valence-electron chi connectivity index (χ3n) is 2.32. The molecule has 0 fully saturated rings. The van der Waals surface area contributed by atoms with Gasteiger partial charge in [0.05, 0.1) is 11.2 Å². The van der Waals surface area contributed by atoms with Gasteiger partial charge in [-0.2, -0.15) is 5.10 Å². The van der Waals surface area contributed by atoms with Gasteiger partial charge in [0.1, 0.15) is 0 Å². The van der Waals surface area contributed by atoms with Crippen molar-refractivity contribution in [2.24, 2.45) is 21.7 Å². The van der Waals surface area contributed by atoms with Crippen molar-refractivity contribution in [2.75, 3.05) is 0 Å². The number of hydrogen-bond donors (Lipinski definition) is 2. The molecule has 0 aromatic heterocycles. The Hall–Kier alpha value is -1.98. The second kappa shape index (κ2) is 6.98. The topological polar surface area (TPSA) is 76.8 Å². The number of nitrogens with zero attached hydrogens (tertiary/aromatic N) is 2. The summed E-state index contributed by atoms with van der Waals surface area (Å²) in [6.45, 7) is 0. The van der Waals surface area contributed by atoms with Gasteiger partial charge in [-0.1, -0.05) is 47.6 Å². The Balaban J connectivity index is 2.07. The average molecular weight is 305 g/mol. The van der Waals surface area contributed by atoms with Gasteiger partial charge in [0.2, 0.25) is 5.96 Å². The molecule has 0 amide bonds. The first kappa shape index (κ1) is 14.4. The van der Waals surface area contributed by atoms with Crippen LogP contribution < -0.4 is 11.5 Å². The van der Waals surface area contributed by atoms with Gasteiger partial charge < -0.3 is 11.5 Å². The molecule has 20 heavy (non-hydrogen) atoms. The van der Waals surface area contributed by atoms with E-state index in [4.69, 9.17) is 23.1 Å². The van der Waals surface area contributed by atoms with Gasteiger partial charge in [-0.15, -0.1) is 5.10 Å². The summed E-state index contributed by atoms with van der Waals surface area (Å²) < 4.78 is 0. The van der Waals surface area contributed by atoms with Crippen molar-refractivity contribution in [3.63, 3.8) is 0 Å². The zero-order valence-electron chi connectivity index (χ0n) is 10.5. The fraction of sp³-hybridized carbons (Fsp3) is 0. The van der Waals surface area contributed by atoms with Crippen molar-refractivity contribution in [1.29, 1.82) is 0 Å². The second-order valence-corrected chi connectivity index (χ2v) is 5.39. The standard InChI is InChI=1S/C14H13ClN4S/c15-12-3-1-2-4-13(12)20-11-7-5-10(6-8-11)9-18-19-14(16)17/h1-9H,(H4,16,17,19). The van der Waals surface area contributed by atoms with Gasteiger partial charge in [0.25, 0.3) is 0 Å². The van der Waals surface area contributed by atoms with Crippen molar-refractivity contribution in [1.82, 2.24) is 0 Å². The largest absolute Gasteiger partial charge is 0.369 e. The van der Waals surface area contributed by atoms with Crippen molar-refractivity contribution in [2.45, 2.75) is 9.79 Å². The Morgan fingerprint density at radius 3 is 2.40 bits per heavy atom. The van der Waals surface area contributed by atoms with Crippen LogP contribution in [0.3, 0.4) is 0 Å². The maximum atomic E-state index is 6.12. The van der Waals surface area contributed by atoms with Crippen molar-refractivity contribution >= 4 is 35.5 Å². The van der Waals surface area contributed by atoms with E-state index in [1.54, 1.807) is 18.0 Å². The van der Waals surface area contributed by atoms with Crippen LogP contribution in [0, 0.1) is 0 Å². The molecule has 0 aliphatic carbocycles. The van der Waals surface area contributed by atoms with Crippen LogP contribution in [0.5, 0.6) is 0 Å². The molecule has 0 bridgehead atoms. The fourth-order valence-electron chi connectivity index (χ4n) is 1.44. The number of halogens is 1. The third kappa shape index (κ3) is 4.29. The number of hydrogen-bond acceptors (Lipinski definition) is 3. The van der Waals surface area contributed by atoms with E-state index in [0.717, 1.165) is 20.4 Å². The molecule has 4 N–H and O–H groups in total. The summed E-state index contributed by atoms with van der Waals surface area (Å²) in [7, 11) is 0. The second-order valence-electron chi connectivity index (χ2n) is 3.87. The lowest BCUT2D eigenvalue weighted by atomic mass is 10.2. The molecule has 102 valence electrons. The number of benzene rings is 2. The summed E-state index contributed by atoms with van der Waals surface area (Å²) in [5.74, 6) is -0.0628. The maximum absolute atomic E-state index is 6.12. The van der Waals surface area contributed by atoms with Crippen molar-refractivity contribution < 1.29 is 0 Å². The minimum atomic E-state index is -0.0628. The van der Waals surface area contributed by atoms with E-state index < -0.39 is 0 Å². The molecule has 0 spiro atoms. The molecule has 0 atom stereocenters. The van der Waals surface area contributed by atoms with Crippen molar-refractivity contribution in [3.05, 3.63) is 59.1 Å². The molecule has 0 aliphatic rings. The van der Waals surface area contributed by atoms with Crippen LogP contribution in [0.1, 0.15) is 5.56 Å². The van der Waals surface area contributed by atoms with Gasteiger partial charge in [0, 0.05) is 9.79 Å². The molecule has 2 aromatic carbocycles. The maximum Gasteiger partial charge on any atom is 0.211 e. The van der Waals surface area contributed by atoms with Crippen LogP contribution in [0.4, 0.5) is 0 Å². The van der Waals surface area contributed by atoms with Crippen LogP contribution >= 0.6 is 23.4 Å². The SMILES string of the molecule is NC(N)=NN=Cc1ccc(Sc2ccccc2Cl)cc1. The third-order valence-corrected chi connectivity index (χ3v) is 3.85. The molecule has 6 heteroatoms. The molecule has 0 saturated heterocycles. The van der Waals surface area contributed by atoms with E-state index in [1.165, 1.54) is 0 Å². The highest BCUT2D eigenvalue weighted by Gasteiger charge is 2.01.